The van der Waals surface area contributed by atoms with Crippen LogP contribution in [0.4, 0.5) is 0 Å². The molecule has 0 saturated heterocycles. The van der Waals surface area contributed by atoms with Crippen molar-refractivity contribution in [2.24, 2.45) is 0 Å². The fourth-order valence-electron chi connectivity index (χ4n) is 3.26. The third-order valence-electron chi connectivity index (χ3n) is 4.12. The number of nitriles is 1. The molecule has 0 unspecified atom stereocenters. The summed E-state index contributed by atoms with van der Waals surface area (Å²) in [7, 11) is 0. The Bertz CT molecular complexity index is 977. The highest BCUT2D eigenvalue weighted by molar-refractivity contribution is 6.26. The Balaban J connectivity index is 2.37. The van der Waals surface area contributed by atoms with Crippen molar-refractivity contribution < 1.29 is 0 Å². The van der Waals surface area contributed by atoms with Crippen LogP contribution in [0.15, 0.2) is 66.7 Å². The molecule has 21 heavy (non-hydrogen) atoms. The van der Waals surface area contributed by atoms with Crippen molar-refractivity contribution in [3.63, 3.8) is 0 Å². The molecule has 0 spiro atoms. The molecule has 0 amide bonds. The molecule has 0 fully saturated rings. The van der Waals surface area contributed by atoms with Crippen LogP contribution in [0.1, 0.15) is 5.56 Å². The van der Waals surface area contributed by atoms with Crippen molar-refractivity contribution in [3.8, 4) is 6.07 Å². The molecule has 0 aliphatic carbocycles. The fraction of sp³-hybridized carbons (Fsp3) is 0.0500. The lowest BCUT2D eigenvalue weighted by atomic mass is 9.91. The van der Waals surface area contributed by atoms with Crippen molar-refractivity contribution in [3.05, 3.63) is 72.3 Å². The van der Waals surface area contributed by atoms with Crippen LogP contribution in [0, 0.1) is 11.3 Å². The summed E-state index contributed by atoms with van der Waals surface area (Å²) in [5.74, 6) is 0. The predicted molar refractivity (Wildman–Crippen MR) is 88.3 cm³/mol. The zero-order valence-electron chi connectivity index (χ0n) is 11.5. The molecule has 0 aliphatic rings. The highest BCUT2D eigenvalue weighted by Crippen LogP contribution is 2.36. The second-order valence-electron chi connectivity index (χ2n) is 5.27. The van der Waals surface area contributed by atoms with Crippen LogP contribution in [0.5, 0.6) is 0 Å². The average Bonchev–Trinajstić information content (AvgIpc) is 2.55. The molecule has 0 heterocycles. The summed E-state index contributed by atoms with van der Waals surface area (Å²) in [4.78, 5) is 0. The van der Waals surface area contributed by atoms with Gasteiger partial charge >= 0.3 is 0 Å². The Labute approximate surface area is 123 Å². The highest BCUT2D eigenvalue weighted by Gasteiger charge is 2.10. The quantitative estimate of drug-likeness (QED) is 0.434. The Hall–Kier alpha value is -2.85. The Morgan fingerprint density at radius 1 is 0.619 bits per heavy atom. The normalized spacial score (nSPS) is 11.0. The molecule has 98 valence electrons. The molecule has 0 bridgehead atoms. The smallest absolute Gasteiger partial charge is 0.0669 e. The monoisotopic (exact) mass is 267 g/mol. The molecular weight excluding hydrogens is 254 g/mol. The first-order valence-electron chi connectivity index (χ1n) is 7.08. The second-order valence-corrected chi connectivity index (χ2v) is 5.27. The summed E-state index contributed by atoms with van der Waals surface area (Å²) in [5.41, 5.74) is 1.11. The van der Waals surface area contributed by atoms with Gasteiger partial charge in [-0.05, 0) is 37.9 Å². The van der Waals surface area contributed by atoms with Crippen molar-refractivity contribution >= 4 is 32.3 Å². The molecule has 0 saturated carbocycles. The summed E-state index contributed by atoms with van der Waals surface area (Å²) >= 11 is 0. The molecule has 4 aromatic rings. The largest absolute Gasteiger partial charge is 0.198 e. The van der Waals surface area contributed by atoms with Crippen LogP contribution in [-0.2, 0) is 6.42 Å². The maximum atomic E-state index is 9.11. The zero-order valence-corrected chi connectivity index (χ0v) is 11.5. The lowest BCUT2D eigenvalue weighted by molar-refractivity contribution is 1.29. The van der Waals surface area contributed by atoms with Gasteiger partial charge in [0.1, 0.15) is 0 Å². The summed E-state index contributed by atoms with van der Waals surface area (Å²) in [6.07, 6.45) is 0.444. The van der Waals surface area contributed by atoms with Crippen LogP contribution in [0.2, 0.25) is 0 Å². The molecule has 1 nitrogen and oxygen atoms in total. The Kier molecular flexibility index (Phi) is 2.62. The maximum Gasteiger partial charge on any atom is 0.0669 e. The molecular formula is C20H13N. The SMILES string of the molecule is N#CCc1cccc2c3ccccc3c3ccccc3c12. The van der Waals surface area contributed by atoms with Gasteiger partial charge in [0.2, 0.25) is 0 Å². The topological polar surface area (TPSA) is 23.8 Å². The van der Waals surface area contributed by atoms with Gasteiger partial charge in [0.25, 0.3) is 0 Å². The molecule has 0 atom stereocenters. The first-order chi connectivity index (χ1) is 10.4. The van der Waals surface area contributed by atoms with E-state index < -0.39 is 0 Å². The van der Waals surface area contributed by atoms with Gasteiger partial charge in [-0.2, -0.15) is 5.26 Å². The van der Waals surface area contributed by atoms with E-state index in [9.17, 15) is 0 Å². The van der Waals surface area contributed by atoms with Crippen LogP contribution < -0.4 is 0 Å². The molecule has 0 radical (unpaired) electrons. The lowest BCUT2D eigenvalue weighted by Gasteiger charge is -2.12. The van der Waals surface area contributed by atoms with Crippen molar-refractivity contribution in [2.75, 3.05) is 0 Å². The van der Waals surface area contributed by atoms with E-state index in [1.165, 1.54) is 32.3 Å². The number of hydrogen-bond acceptors (Lipinski definition) is 1. The molecule has 1 heteroatoms. The van der Waals surface area contributed by atoms with Gasteiger partial charge in [-0.25, -0.2) is 0 Å². The van der Waals surface area contributed by atoms with Crippen molar-refractivity contribution in [1.82, 2.24) is 0 Å². The molecule has 4 rings (SSSR count). The van der Waals surface area contributed by atoms with Gasteiger partial charge in [-0.3, -0.25) is 0 Å². The van der Waals surface area contributed by atoms with Gasteiger partial charge in [0.15, 0.2) is 0 Å². The standard InChI is InChI=1S/C20H13N/c21-13-12-14-6-5-11-19-17-8-2-1-7-15(17)16-9-3-4-10-18(16)20(14)19/h1-11H,12H2. The summed E-state index contributed by atoms with van der Waals surface area (Å²) in [6, 6.07) is 25.5. The highest BCUT2D eigenvalue weighted by atomic mass is 14.2. The predicted octanol–water partition coefficient (Wildman–Crippen LogP) is 5.21. The molecule has 0 aliphatic heterocycles. The van der Waals surface area contributed by atoms with E-state index in [0.29, 0.717) is 6.42 Å². The van der Waals surface area contributed by atoms with Gasteiger partial charge < -0.3 is 0 Å². The second kappa shape index (κ2) is 4.61. The van der Waals surface area contributed by atoms with E-state index >= 15 is 0 Å². The van der Waals surface area contributed by atoms with E-state index in [0.717, 1.165) is 5.56 Å². The van der Waals surface area contributed by atoms with Crippen LogP contribution in [0.3, 0.4) is 0 Å². The van der Waals surface area contributed by atoms with Gasteiger partial charge in [0, 0.05) is 0 Å². The van der Waals surface area contributed by atoms with E-state index in [1.807, 2.05) is 0 Å². The summed E-state index contributed by atoms with van der Waals surface area (Å²) < 4.78 is 0. The Morgan fingerprint density at radius 2 is 1.10 bits per heavy atom. The minimum Gasteiger partial charge on any atom is -0.198 e. The van der Waals surface area contributed by atoms with Gasteiger partial charge in [0.05, 0.1) is 12.5 Å². The van der Waals surface area contributed by atoms with Crippen LogP contribution in [-0.4, -0.2) is 0 Å². The lowest BCUT2D eigenvalue weighted by Crippen LogP contribution is -1.88. The van der Waals surface area contributed by atoms with E-state index in [2.05, 4.69) is 72.8 Å². The molecule has 0 N–H and O–H groups in total. The van der Waals surface area contributed by atoms with E-state index in [4.69, 9.17) is 5.26 Å². The fourth-order valence-corrected chi connectivity index (χ4v) is 3.26. The summed E-state index contributed by atoms with van der Waals surface area (Å²) in [5, 5.41) is 16.6. The van der Waals surface area contributed by atoms with E-state index in [-0.39, 0.29) is 0 Å². The maximum absolute atomic E-state index is 9.11. The number of hydrogen-bond donors (Lipinski definition) is 0. The first-order valence-corrected chi connectivity index (χ1v) is 7.08. The van der Waals surface area contributed by atoms with E-state index in [1.54, 1.807) is 0 Å². The van der Waals surface area contributed by atoms with Gasteiger partial charge in [-0.15, -0.1) is 0 Å². The minimum absolute atomic E-state index is 0.444. The number of fused-ring (bicyclic) bond motifs is 6. The molecule has 4 aromatic carbocycles. The minimum atomic E-state index is 0.444. The third-order valence-corrected chi connectivity index (χ3v) is 4.12. The Morgan fingerprint density at radius 3 is 1.67 bits per heavy atom. The van der Waals surface area contributed by atoms with Crippen LogP contribution in [0.25, 0.3) is 32.3 Å². The summed E-state index contributed by atoms with van der Waals surface area (Å²) in [6.45, 7) is 0. The van der Waals surface area contributed by atoms with Crippen molar-refractivity contribution in [2.45, 2.75) is 6.42 Å². The first kappa shape index (κ1) is 11.9. The number of benzene rings is 4. The molecule has 0 aromatic heterocycles. The number of nitrogens with zero attached hydrogens (tertiary/aromatic N) is 1. The van der Waals surface area contributed by atoms with Crippen molar-refractivity contribution in [1.29, 1.82) is 5.26 Å². The zero-order chi connectivity index (χ0) is 14.2. The average molecular weight is 267 g/mol. The number of rotatable bonds is 1. The van der Waals surface area contributed by atoms with Crippen LogP contribution >= 0.6 is 0 Å². The third kappa shape index (κ3) is 1.70. The van der Waals surface area contributed by atoms with Gasteiger partial charge in [-0.1, -0.05) is 66.7 Å².